The molecule has 0 radical (unpaired) electrons. The van der Waals surface area contributed by atoms with Crippen molar-refractivity contribution in [2.24, 2.45) is 5.73 Å². The quantitative estimate of drug-likeness (QED) is 0.875. The molecule has 1 aromatic carbocycles. The number of halogens is 2. The summed E-state index contributed by atoms with van der Waals surface area (Å²) in [7, 11) is 0. The summed E-state index contributed by atoms with van der Waals surface area (Å²) in [4.78, 5) is 2.20. The first-order valence-electron chi connectivity index (χ1n) is 7.67. The van der Waals surface area contributed by atoms with Gasteiger partial charge in [0.25, 0.3) is 0 Å². The van der Waals surface area contributed by atoms with Crippen molar-refractivity contribution in [3.63, 3.8) is 0 Å². The number of hydrogen-bond acceptors (Lipinski definition) is 3. The minimum absolute atomic E-state index is 0.188. The Morgan fingerprint density at radius 1 is 1.52 bits per heavy atom. The third-order valence-electron chi connectivity index (χ3n) is 3.96. The summed E-state index contributed by atoms with van der Waals surface area (Å²) in [5.41, 5.74) is 6.42. The van der Waals surface area contributed by atoms with E-state index in [2.05, 4.69) is 11.8 Å². The van der Waals surface area contributed by atoms with Gasteiger partial charge >= 0.3 is 0 Å². The maximum atomic E-state index is 14.1. The van der Waals surface area contributed by atoms with Crippen molar-refractivity contribution in [3.8, 4) is 0 Å². The average molecular weight is 315 g/mol. The van der Waals surface area contributed by atoms with Gasteiger partial charge in [-0.3, -0.25) is 4.90 Å². The molecule has 0 aromatic heterocycles. The van der Waals surface area contributed by atoms with Gasteiger partial charge in [-0.1, -0.05) is 24.6 Å². The number of nitrogens with two attached hydrogens (primary N) is 1. The van der Waals surface area contributed by atoms with Crippen molar-refractivity contribution in [2.75, 3.05) is 26.2 Å². The zero-order valence-electron chi connectivity index (χ0n) is 12.5. The van der Waals surface area contributed by atoms with Crippen molar-refractivity contribution in [1.82, 2.24) is 4.90 Å². The Bertz CT molecular complexity index is 438. The lowest BCUT2D eigenvalue weighted by Gasteiger charge is -2.38. The third-order valence-corrected chi connectivity index (χ3v) is 4.29. The molecule has 5 heteroatoms. The van der Waals surface area contributed by atoms with Gasteiger partial charge in [0.05, 0.1) is 12.1 Å². The van der Waals surface area contributed by atoms with E-state index in [1.54, 1.807) is 12.1 Å². The summed E-state index contributed by atoms with van der Waals surface area (Å²) in [6.07, 6.45) is 3.31. The van der Waals surface area contributed by atoms with Gasteiger partial charge in [-0.05, 0) is 37.9 Å². The first-order chi connectivity index (χ1) is 10.2. The highest BCUT2D eigenvalue weighted by Crippen LogP contribution is 2.31. The topological polar surface area (TPSA) is 38.5 Å². The molecule has 2 rings (SSSR count). The second-order valence-electron chi connectivity index (χ2n) is 5.52. The van der Waals surface area contributed by atoms with E-state index >= 15 is 0 Å². The third kappa shape index (κ3) is 4.16. The van der Waals surface area contributed by atoms with Crippen LogP contribution in [0.5, 0.6) is 0 Å². The highest BCUT2D eigenvalue weighted by Gasteiger charge is 2.29. The van der Waals surface area contributed by atoms with Gasteiger partial charge in [0.2, 0.25) is 0 Å². The molecule has 1 aliphatic heterocycles. The lowest BCUT2D eigenvalue weighted by Crippen LogP contribution is -2.44. The first kappa shape index (κ1) is 16.7. The van der Waals surface area contributed by atoms with Crippen LogP contribution in [-0.2, 0) is 4.74 Å². The molecule has 0 spiro atoms. The molecule has 2 N–H and O–H groups in total. The molecular weight excluding hydrogens is 291 g/mol. The molecule has 1 fully saturated rings. The molecule has 118 valence electrons. The Hall–Kier alpha value is -0.680. The Labute approximate surface area is 131 Å². The van der Waals surface area contributed by atoms with Crippen LogP contribution in [0.4, 0.5) is 4.39 Å². The van der Waals surface area contributed by atoms with E-state index < -0.39 is 0 Å². The number of ether oxygens (including phenoxy) is 1. The standard InChI is InChI=1S/C16H24ClFN2O/c1-2-9-21-12-5-4-8-20(11-12)15(10-19)16-13(17)6-3-7-14(16)18/h3,6-7,12,15H,2,4-5,8-11,19H2,1H3. The van der Waals surface area contributed by atoms with Crippen LogP contribution in [0, 0.1) is 5.82 Å². The Balaban J connectivity index is 2.13. The average Bonchev–Trinajstić information content (AvgIpc) is 2.49. The largest absolute Gasteiger partial charge is 0.377 e. The molecule has 1 aromatic rings. The van der Waals surface area contributed by atoms with Crippen LogP contribution in [0.2, 0.25) is 5.02 Å². The zero-order chi connectivity index (χ0) is 15.2. The lowest BCUT2D eigenvalue weighted by molar-refractivity contribution is -0.0122. The summed E-state index contributed by atoms with van der Waals surface area (Å²) in [6, 6.07) is 4.60. The van der Waals surface area contributed by atoms with Crippen LogP contribution in [0.25, 0.3) is 0 Å². The Kier molecular flexibility index (Phi) is 6.42. The van der Waals surface area contributed by atoms with Crippen molar-refractivity contribution >= 4 is 11.6 Å². The van der Waals surface area contributed by atoms with E-state index in [0.29, 0.717) is 17.1 Å². The molecule has 0 aliphatic carbocycles. The van der Waals surface area contributed by atoms with E-state index in [-0.39, 0.29) is 18.0 Å². The van der Waals surface area contributed by atoms with Gasteiger partial charge in [-0.2, -0.15) is 0 Å². The normalized spacial score (nSPS) is 21.4. The number of hydrogen-bond donors (Lipinski definition) is 1. The van der Waals surface area contributed by atoms with Crippen LogP contribution in [0.3, 0.4) is 0 Å². The van der Waals surface area contributed by atoms with Crippen LogP contribution in [0.1, 0.15) is 37.8 Å². The lowest BCUT2D eigenvalue weighted by atomic mass is 10.00. The van der Waals surface area contributed by atoms with Crippen LogP contribution >= 0.6 is 11.6 Å². The number of benzene rings is 1. The number of nitrogens with zero attached hydrogens (tertiary/aromatic N) is 1. The van der Waals surface area contributed by atoms with Gasteiger partial charge in [0.1, 0.15) is 5.82 Å². The van der Waals surface area contributed by atoms with Crippen molar-refractivity contribution < 1.29 is 9.13 Å². The molecule has 1 heterocycles. The molecular formula is C16H24ClFN2O. The first-order valence-corrected chi connectivity index (χ1v) is 8.04. The SMILES string of the molecule is CCCOC1CCCN(C(CN)c2c(F)cccc2Cl)C1. The smallest absolute Gasteiger partial charge is 0.129 e. The van der Waals surface area contributed by atoms with Gasteiger partial charge in [0.15, 0.2) is 0 Å². The highest BCUT2D eigenvalue weighted by molar-refractivity contribution is 6.31. The molecule has 0 amide bonds. The molecule has 0 saturated carbocycles. The zero-order valence-corrected chi connectivity index (χ0v) is 13.3. The fraction of sp³-hybridized carbons (Fsp3) is 0.625. The van der Waals surface area contributed by atoms with E-state index in [0.717, 1.165) is 39.0 Å². The molecule has 2 atom stereocenters. The summed E-state index contributed by atoms with van der Waals surface area (Å²) < 4.78 is 20.0. The summed E-state index contributed by atoms with van der Waals surface area (Å²) in [6.45, 7) is 4.90. The summed E-state index contributed by atoms with van der Waals surface area (Å²) in [5, 5.41) is 0.446. The van der Waals surface area contributed by atoms with E-state index in [9.17, 15) is 4.39 Å². The predicted octanol–water partition coefficient (Wildman–Crippen LogP) is 3.37. The fourth-order valence-electron chi connectivity index (χ4n) is 2.95. The van der Waals surface area contributed by atoms with Gasteiger partial charge < -0.3 is 10.5 Å². The predicted molar refractivity (Wildman–Crippen MR) is 84.0 cm³/mol. The number of likely N-dealkylation sites (tertiary alicyclic amines) is 1. The van der Waals surface area contributed by atoms with Crippen LogP contribution in [0.15, 0.2) is 18.2 Å². The molecule has 3 nitrogen and oxygen atoms in total. The minimum Gasteiger partial charge on any atom is -0.377 e. The molecule has 2 unspecified atom stereocenters. The summed E-state index contributed by atoms with van der Waals surface area (Å²) >= 11 is 6.19. The molecule has 1 saturated heterocycles. The van der Waals surface area contributed by atoms with E-state index in [1.165, 1.54) is 6.07 Å². The van der Waals surface area contributed by atoms with Gasteiger partial charge in [-0.15, -0.1) is 0 Å². The van der Waals surface area contributed by atoms with Gasteiger partial charge in [0, 0.05) is 30.3 Å². The van der Waals surface area contributed by atoms with Crippen molar-refractivity contribution in [2.45, 2.75) is 38.3 Å². The van der Waals surface area contributed by atoms with Crippen LogP contribution in [-0.4, -0.2) is 37.2 Å². The monoisotopic (exact) mass is 314 g/mol. The molecule has 1 aliphatic rings. The van der Waals surface area contributed by atoms with Crippen molar-refractivity contribution in [3.05, 3.63) is 34.6 Å². The highest BCUT2D eigenvalue weighted by atomic mass is 35.5. The molecule has 21 heavy (non-hydrogen) atoms. The fourth-order valence-corrected chi connectivity index (χ4v) is 3.24. The number of rotatable bonds is 6. The molecule has 0 bridgehead atoms. The summed E-state index contributed by atoms with van der Waals surface area (Å²) in [5.74, 6) is -0.283. The minimum atomic E-state index is -0.283. The van der Waals surface area contributed by atoms with E-state index in [1.807, 2.05) is 0 Å². The Morgan fingerprint density at radius 2 is 2.33 bits per heavy atom. The van der Waals surface area contributed by atoms with E-state index in [4.69, 9.17) is 22.1 Å². The van der Waals surface area contributed by atoms with Gasteiger partial charge in [-0.25, -0.2) is 4.39 Å². The second kappa shape index (κ2) is 8.08. The number of piperidine rings is 1. The maximum absolute atomic E-state index is 14.1. The van der Waals surface area contributed by atoms with Crippen LogP contribution < -0.4 is 5.73 Å². The van der Waals surface area contributed by atoms with Crippen molar-refractivity contribution in [1.29, 1.82) is 0 Å². The Morgan fingerprint density at radius 3 is 3.00 bits per heavy atom. The second-order valence-corrected chi connectivity index (χ2v) is 5.92. The maximum Gasteiger partial charge on any atom is 0.129 e.